The van der Waals surface area contributed by atoms with Crippen LogP contribution in [0.25, 0.3) is 0 Å². The zero-order valence-corrected chi connectivity index (χ0v) is 9.19. The van der Waals surface area contributed by atoms with Crippen LogP contribution in [-0.4, -0.2) is 37.5 Å². The summed E-state index contributed by atoms with van der Waals surface area (Å²) in [7, 11) is 0. The topological polar surface area (TPSA) is 60.6 Å². The first-order chi connectivity index (χ1) is 7.74. The molecule has 2 heterocycles. The zero-order chi connectivity index (χ0) is 11.4. The summed E-state index contributed by atoms with van der Waals surface area (Å²) < 4.78 is 16.2. The summed E-state index contributed by atoms with van der Waals surface area (Å²) in [6.07, 6.45) is -0.0478. The summed E-state index contributed by atoms with van der Waals surface area (Å²) in [6, 6.07) is 3.21. The van der Waals surface area contributed by atoms with E-state index in [0.717, 1.165) is 5.69 Å². The molecule has 0 aliphatic carbocycles. The first-order valence-electron chi connectivity index (χ1n) is 5.27. The first kappa shape index (κ1) is 11.2. The van der Waals surface area contributed by atoms with Gasteiger partial charge < -0.3 is 19.2 Å². The van der Waals surface area contributed by atoms with Crippen LogP contribution in [0.5, 0.6) is 5.75 Å². The minimum Gasteiger partial charge on any atom is -0.491 e. The fourth-order valence-electron chi connectivity index (χ4n) is 1.56. The third-order valence-corrected chi connectivity index (χ3v) is 2.27. The summed E-state index contributed by atoms with van der Waals surface area (Å²) >= 11 is 0. The van der Waals surface area contributed by atoms with Gasteiger partial charge in [0.15, 0.2) is 0 Å². The van der Waals surface area contributed by atoms with Crippen molar-refractivity contribution in [3.8, 4) is 5.75 Å². The monoisotopic (exact) mass is 225 g/mol. The van der Waals surface area contributed by atoms with Crippen molar-refractivity contribution in [2.24, 2.45) is 0 Å². The van der Waals surface area contributed by atoms with Crippen molar-refractivity contribution in [3.63, 3.8) is 0 Å². The molecule has 1 aromatic heterocycles. The molecule has 1 atom stereocenters. The Labute approximate surface area is 93.3 Å². The molecule has 5 nitrogen and oxygen atoms in total. The van der Waals surface area contributed by atoms with Gasteiger partial charge in [-0.1, -0.05) is 0 Å². The second kappa shape index (κ2) is 5.14. The van der Waals surface area contributed by atoms with E-state index in [4.69, 9.17) is 14.2 Å². The molecule has 1 aliphatic heterocycles. The van der Waals surface area contributed by atoms with E-state index in [2.05, 4.69) is 4.98 Å². The molecular formula is C11H15NO4. The maximum atomic E-state index is 11.2. The van der Waals surface area contributed by atoms with Crippen molar-refractivity contribution >= 4 is 0 Å². The Morgan fingerprint density at radius 2 is 2.38 bits per heavy atom. The molecule has 0 amide bonds. The van der Waals surface area contributed by atoms with E-state index < -0.39 is 0 Å². The summed E-state index contributed by atoms with van der Waals surface area (Å²) in [6.45, 7) is 4.00. The molecule has 5 heteroatoms. The highest BCUT2D eigenvalue weighted by molar-refractivity contribution is 5.21. The lowest BCUT2D eigenvalue weighted by Gasteiger charge is -2.22. The molecule has 0 bridgehead atoms. The van der Waals surface area contributed by atoms with Gasteiger partial charge in [0.2, 0.25) is 0 Å². The van der Waals surface area contributed by atoms with Gasteiger partial charge in [-0.05, 0) is 13.0 Å². The standard InChI is InChI=1S/C11H15NO4/c1-8-4-9(5-11(13)12-8)16-7-10-6-14-2-3-15-10/h4-5,10H,2-3,6-7H2,1H3,(H,12,13). The number of nitrogens with one attached hydrogen (secondary N) is 1. The highest BCUT2D eigenvalue weighted by Crippen LogP contribution is 2.09. The van der Waals surface area contributed by atoms with Crippen LogP contribution in [0.15, 0.2) is 16.9 Å². The van der Waals surface area contributed by atoms with Crippen molar-refractivity contribution in [2.75, 3.05) is 26.4 Å². The average molecular weight is 225 g/mol. The van der Waals surface area contributed by atoms with E-state index in [1.54, 1.807) is 6.07 Å². The molecule has 1 saturated heterocycles. The van der Waals surface area contributed by atoms with Gasteiger partial charge in [0.05, 0.1) is 19.8 Å². The molecule has 16 heavy (non-hydrogen) atoms. The summed E-state index contributed by atoms with van der Waals surface area (Å²) in [5, 5.41) is 0. The molecule has 88 valence electrons. The summed E-state index contributed by atoms with van der Waals surface area (Å²) in [5.74, 6) is 0.565. The maximum absolute atomic E-state index is 11.2. The van der Waals surface area contributed by atoms with Gasteiger partial charge in [-0.3, -0.25) is 4.79 Å². The number of aromatic nitrogens is 1. The van der Waals surface area contributed by atoms with Gasteiger partial charge in [-0.2, -0.15) is 0 Å². The second-order valence-electron chi connectivity index (χ2n) is 3.74. The molecule has 0 saturated carbocycles. The maximum Gasteiger partial charge on any atom is 0.251 e. The minimum atomic E-state index is -0.157. The number of pyridine rings is 1. The molecule has 1 unspecified atom stereocenters. The quantitative estimate of drug-likeness (QED) is 0.812. The largest absolute Gasteiger partial charge is 0.491 e. The van der Waals surface area contributed by atoms with Gasteiger partial charge in [0.1, 0.15) is 18.5 Å². The number of hydrogen-bond acceptors (Lipinski definition) is 4. The molecule has 1 N–H and O–H groups in total. The molecule has 0 radical (unpaired) electrons. The minimum absolute atomic E-state index is 0.0478. The van der Waals surface area contributed by atoms with Gasteiger partial charge >= 0.3 is 0 Å². The lowest BCUT2D eigenvalue weighted by atomic mass is 10.3. The third-order valence-electron chi connectivity index (χ3n) is 2.27. The normalized spacial score (nSPS) is 20.7. The Hall–Kier alpha value is -1.33. The van der Waals surface area contributed by atoms with E-state index in [-0.39, 0.29) is 11.7 Å². The third kappa shape index (κ3) is 3.08. The van der Waals surface area contributed by atoms with Gasteiger partial charge in [-0.15, -0.1) is 0 Å². The number of ether oxygens (including phenoxy) is 3. The lowest BCUT2D eigenvalue weighted by Crippen LogP contribution is -2.33. The SMILES string of the molecule is Cc1cc(OCC2COCCO2)cc(=O)[nH]1. The van der Waals surface area contributed by atoms with Crippen molar-refractivity contribution in [3.05, 3.63) is 28.2 Å². The van der Waals surface area contributed by atoms with Crippen LogP contribution in [0.4, 0.5) is 0 Å². The second-order valence-corrected chi connectivity index (χ2v) is 3.74. The Kier molecular flexibility index (Phi) is 3.58. The summed E-state index contributed by atoms with van der Waals surface area (Å²) in [5.41, 5.74) is 0.624. The van der Waals surface area contributed by atoms with Crippen LogP contribution in [0, 0.1) is 6.92 Å². The molecule has 0 aromatic carbocycles. The van der Waals surface area contributed by atoms with Crippen molar-refractivity contribution in [1.29, 1.82) is 0 Å². The smallest absolute Gasteiger partial charge is 0.251 e. The fourth-order valence-corrected chi connectivity index (χ4v) is 1.56. The van der Waals surface area contributed by atoms with E-state index in [0.29, 0.717) is 32.2 Å². The number of hydrogen-bond donors (Lipinski definition) is 1. The van der Waals surface area contributed by atoms with Crippen LogP contribution in [0.2, 0.25) is 0 Å². The highest BCUT2D eigenvalue weighted by atomic mass is 16.6. The van der Waals surface area contributed by atoms with Crippen LogP contribution >= 0.6 is 0 Å². The Balaban J connectivity index is 1.90. The van der Waals surface area contributed by atoms with E-state index >= 15 is 0 Å². The number of H-pyrrole nitrogens is 1. The molecule has 1 aromatic rings. The number of rotatable bonds is 3. The molecule has 0 spiro atoms. The van der Waals surface area contributed by atoms with E-state index in [1.807, 2.05) is 6.92 Å². The lowest BCUT2D eigenvalue weighted by molar-refractivity contribution is -0.101. The van der Waals surface area contributed by atoms with Crippen molar-refractivity contribution in [1.82, 2.24) is 4.98 Å². The number of aromatic amines is 1. The van der Waals surface area contributed by atoms with Gasteiger partial charge in [0, 0.05) is 11.8 Å². The Bertz CT molecular complexity index is 395. The average Bonchev–Trinajstić information content (AvgIpc) is 2.27. The number of aryl methyl sites for hydroxylation is 1. The highest BCUT2D eigenvalue weighted by Gasteiger charge is 2.14. The van der Waals surface area contributed by atoms with E-state index in [9.17, 15) is 4.79 Å². The molecule has 1 aliphatic rings. The van der Waals surface area contributed by atoms with Crippen LogP contribution in [0.3, 0.4) is 0 Å². The van der Waals surface area contributed by atoms with Crippen molar-refractivity contribution in [2.45, 2.75) is 13.0 Å². The van der Waals surface area contributed by atoms with Crippen LogP contribution in [-0.2, 0) is 9.47 Å². The van der Waals surface area contributed by atoms with Crippen LogP contribution in [0.1, 0.15) is 5.69 Å². The Morgan fingerprint density at radius 3 is 3.06 bits per heavy atom. The Morgan fingerprint density at radius 1 is 1.50 bits per heavy atom. The molecular weight excluding hydrogens is 210 g/mol. The van der Waals surface area contributed by atoms with E-state index in [1.165, 1.54) is 6.07 Å². The van der Waals surface area contributed by atoms with Gasteiger partial charge in [0.25, 0.3) is 5.56 Å². The zero-order valence-electron chi connectivity index (χ0n) is 9.19. The van der Waals surface area contributed by atoms with Crippen LogP contribution < -0.4 is 10.3 Å². The fraction of sp³-hybridized carbons (Fsp3) is 0.545. The molecule has 2 rings (SSSR count). The van der Waals surface area contributed by atoms with Gasteiger partial charge in [-0.25, -0.2) is 0 Å². The first-order valence-corrected chi connectivity index (χ1v) is 5.27. The summed E-state index contributed by atoms with van der Waals surface area (Å²) in [4.78, 5) is 13.8. The predicted molar refractivity (Wildman–Crippen MR) is 57.9 cm³/mol. The predicted octanol–water partition coefficient (Wildman–Crippen LogP) is 0.478. The van der Waals surface area contributed by atoms with Crippen molar-refractivity contribution < 1.29 is 14.2 Å². The molecule has 1 fully saturated rings.